The van der Waals surface area contributed by atoms with Gasteiger partial charge in [0.15, 0.2) is 0 Å². The molecule has 0 saturated carbocycles. The summed E-state index contributed by atoms with van der Waals surface area (Å²) in [4.78, 5) is 41.0. The quantitative estimate of drug-likeness (QED) is 0.0922. The van der Waals surface area contributed by atoms with Crippen molar-refractivity contribution >= 4 is 39.8 Å². The van der Waals surface area contributed by atoms with Crippen molar-refractivity contribution in [3.05, 3.63) is 59.7 Å². The fourth-order valence-electron chi connectivity index (χ4n) is 2.92. The van der Waals surface area contributed by atoms with Gasteiger partial charge in [-0.25, -0.2) is 19.3 Å². The Morgan fingerprint density at radius 3 is 2.46 bits per heavy atom. The topological polar surface area (TPSA) is 181 Å². The van der Waals surface area contributed by atoms with Gasteiger partial charge in [-0.2, -0.15) is 4.72 Å². The number of hydrogen-bond donors (Lipinski definition) is 5. The van der Waals surface area contributed by atoms with E-state index in [1.807, 2.05) is 6.92 Å². The van der Waals surface area contributed by atoms with Crippen LogP contribution in [0.1, 0.15) is 22.8 Å². The number of rotatable bonds is 11. The van der Waals surface area contributed by atoms with E-state index in [2.05, 4.69) is 25.8 Å². The number of hydrazine groups is 1. The largest absolute Gasteiger partial charge is 0.468 e. The molecule has 2 aromatic carbocycles. The first-order valence-electron chi connectivity index (χ1n) is 10.4. The van der Waals surface area contributed by atoms with E-state index in [9.17, 15) is 22.8 Å². The monoisotopic (exact) mass is 504 g/mol. The summed E-state index contributed by atoms with van der Waals surface area (Å²) < 4.78 is 32.4. The fourth-order valence-corrected chi connectivity index (χ4v) is 4.19. The Morgan fingerprint density at radius 1 is 1.14 bits per heavy atom. The van der Waals surface area contributed by atoms with Crippen molar-refractivity contribution in [3.8, 4) is 0 Å². The normalized spacial score (nSPS) is 13.0. The molecule has 0 aliphatic carbocycles. The van der Waals surface area contributed by atoms with Gasteiger partial charge in [0.05, 0.1) is 30.3 Å². The summed E-state index contributed by atoms with van der Waals surface area (Å²) >= 11 is 0. The maximum Gasteiger partial charge on any atom is 0.326 e. The standard InChI is InChI=1S/C22H28N6O6S/c1-14-7-9-18(10-8-14)35(32,33)28-20(22(31)34-3)15(2)27-19(29)12-24-21(30)16-5-4-6-17(11-16)25-13-26-23/h4-11,13,15,20,28H,12,23H2,1-3H3,(H,24,30)(H,25,26)(H,27,29). The molecule has 0 heterocycles. The number of aryl methyl sites for hydroxylation is 1. The van der Waals surface area contributed by atoms with Gasteiger partial charge in [-0.3, -0.25) is 14.4 Å². The molecule has 0 saturated heterocycles. The van der Waals surface area contributed by atoms with Crippen molar-refractivity contribution in [2.24, 2.45) is 10.8 Å². The van der Waals surface area contributed by atoms with E-state index < -0.39 is 46.4 Å². The molecule has 2 atom stereocenters. The van der Waals surface area contributed by atoms with Crippen LogP contribution in [0.2, 0.25) is 0 Å². The number of carbonyl (C=O) groups excluding carboxylic acids is 3. The minimum absolute atomic E-state index is 0.0448. The van der Waals surface area contributed by atoms with Crippen LogP contribution in [0.3, 0.4) is 0 Å². The Kier molecular flexibility index (Phi) is 9.87. The molecule has 0 radical (unpaired) electrons. The average molecular weight is 505 g/mol. The van der Waals surface area contributed by atoms with Crippen LogP contribution in [-0.4, -0.2) is 58.3 Å². The second-order valence-electron chi connectivity index (χ2n) is 7.45. The number of nitrogens with two attached hydrogens (primary N) is 1. The van der Waals surface area contributed by atoms with E-state index in [4.69, 9.17) is 10.6 Å². The summed E-state index contributed by atoms with van der Waals surface area (Å²) in [7, 11) is -2.98. The number of carbonyl (C=O) groups is 3. The molecule has 2 rings (SSSR count). The molecule has 12 nitrogen and oxygen atoms in total. The van der Waals surface area contributed by atoms with E-state index in [0.29, 0.717) is 5.69 Å². The lowest BCUT2D eigenvalue weighted by Crippen LogP contribution is -2.55. The third-order valence-corrected chi connectivity index (χ3v) is 6.22. The Labute approximate surface area is 203 Å². The van der Waals surface area contributed by atoms with Crippen molar-refractivity contribution in [3.63, 3.8) is 0 Å². The van der Waals surface area contributed by atoms with Crippen LogP contribution in [0.5, 0.6) is 0 Å². The number of nitrogens with one attached hydrogen (secondary N) is 4. The second-order valence-corrected chi connectivity index (χ2v) is 9.16. The maximum atomic E-state index is 12.7. The number of methoxy groups -OCH3 is 1. The summed E-state index contributed by atoms with van der Waals surface area (Å²) in [6, 6.07) is 9.94. The highest BCUT2D eigenvalue weighted by Gasteiger charge is 2.32. The molecule has 6 N–H and O–H groups in total. The first-order valence-corrected chi connectivity index (χ1v) is 11.9. The molecular weight excluding hydrogens is 476 g/mol. The number of ether oxygens (including phenoxy) is 1. The molecule has 0 aliphatic rings. The van der Waals surface area contributed by atoms with Crippen LogP contribution >= 0.6 is 0 Å². The van der Waals surface area contributed by atoms with E-state index in [1.165, 1.54) is 37.5 Å². The Hall–Kier alpha value is -3.81. The smallest absolute Gasteiger partial charge is 0.326 e. The summed E-state index contributed by atoms with van der Waals surface area (Å²) in [5.41, 5.74) is 3.84. The SMILES string of the molecule is COC(=O)C(NS(=O)(=O)c1ccc(C)cc1)C(C)NC(=O)CNC(=O)c1cccc(N=CNN)c1. The predicted molar refractivity (Wildman–Crippen MR) is 129 cm³/mol. The van der Waals surface area contributed by atoms with Crippen molar-refractivity contribution in [1.82, 2.24) is 20.8 Å². The highest BCUT2D eigenvalue weighted by Crippen LogP contribution is 2.14. The molecule has 2 aromatic rings. The van der Waals surface area contributed by atoms with Gasteiger partial charge in [0.2, 0.25) is 15.9 Å². The first-order chi connectivity index (χ1) is 16.6. The van der Waals surface area contributed by atoms with Gasteiger partial charge in [0.25, 0.3) is 5.91 Å². The molecule has 0 aliphatic heterocycles. The Balaban J connectivity index is 2.02. The summed E-state index contributed by atoms with van der Waals surface area (Å²) in [6.07, 6.45) is 1.25. The first kappa shape index (κ1) is 27.4. The molecule has 0 fully saturated rings. The lowest BCUT2D eigenvalue weighted by atomic mass is 10.1. The lowest BCUT2D eigenvalue weighted by Gasteiger charge is -2.24. The Morgan fingerprint density at radius 2 is 1.83 bits per heavy atom. The number of amides is 2. The molecule has 13 heteroatoms. The zero-order valence-corrected chi connectivity index (χ0v) is 20.3. The molecule has 2 unspecified atom stereocenters. The molecule has 2 amide bonds. The van der Waals surface area contributed by atoms with Gasteiger partial charge in [-0.1, -0.05) is 23.8 Å². The van der Waals surface area contributed by atoms with Crippen molar-refractivity contribution in [2.75, 3.05) is 13.7 Å². The maximum absolute atomic E-state index is 12.7. The highest BCUT2D eigenvalue weighted by molar-refractivity contribution is 7.89. The van der Waals surface area contributed by atoms with Crippen LogP contribution in [0.4, 0.5) is 5.69 Å². The summed E-state index contributed by atoms with van der Waals surface area (Å²) in [6.45, 7) is 2.83. The Bertz CT molecular complexity index is 1180. The number of sulfonamides is 1. The van der Waals surface area contributed by atoms with Gasteiger partial charge in [-0.05, 0) is 44.2 Å². The summed E-state index contributed by atoms with van der Waals surface area (Å²) in [5.74, 6) is 3.06. The van der Waals surface area contributed by atoms with Crippen molar-refractivity contribution < 1.29 is 27.5 Å². The van der Waals surface area contributed by atoms with E-state index in [1.54, 1.807) is 24.3 Å². The van der Waals surface area contributed by atoms with Gasteiger partial charge < -0.3 is 20.8 Å². The zero-order valence-electron chi connectivity index (χ0n) is 19.4. The van der Waals surface area contributed by atoms with Crippen LogP contribution < -0.4 is 26.6 Å². The second kappa shape index (κ2) is 12.6. The molecule has 0 spiro atoms. The van der Waals surface area contributed by atoms with Gasteiger partial charge >= 0.3 is 5.97 Å². The molecule has 35 heavy (non-hydrogen) atoms. The molecular formula is C22H28N6O6S. The number of esters is 1. The number of nitrogens with zero attached hydrogens (tertiary/aromatic N) is 1. The van der Waals surface area contributed by atoms with Crippen molar-refractivity contribution in [2.45, 2.75) is 30.8 Å². The van der Waals surface area contributed by atoms with Crippen LogP contribution in [0, 0.1) is 6.92 Å². The van der Waals surface area contributed by atoms with E-state index >= 15 is 0 Å². The zero-order chi connectivity index (χ0) is 26.0. The minimum Gasteiger partial charge on any atom is -0.468 e. The fraction of sp³-hybridized carbons (Fsp3) is 0.273. The van der Waals surface area contributed by atoms with Gasteiger partial charge in [-0.15, -0.1) is 0 Å². The van der Waals surface area contributed by atoms with Crippen LogP contribution in [0.25, 0.3) is 0 Å². The number of benzene rings is 2. The molecule has 0 bridgehead atoms. The lowest BCUT2D eigenvalue weighted by molar-refractivity contribution is -0.143. The molecule has 188 valence electrons. The number of aliphatic imine (C=N–C) groups is 1. The van der Waals surface area contributed by atoms with Gasteiger partial charge in [0.1, 0.15) is 12.4 Å². The van der Waals surface area contributed by atoms with Gasteiger partial charge in [0, 0.05) is 5.56 Å². The summed E-state index contributed by atoms with van der Waals surface area (Å²) in [5, 5.41) is 4.95. The van der Waals surface area contributed by atoms with Crippen LogP contribution in [-0.2, 0) is 24.3 Å². The van der Waals surface area contributed by atoms with E-state index in [0.717, 1.165) is 12.7 Å². The predicted octanol–water partition coefficient (Wildman–Crippen LogP) is -0.127. The highest BCUT2D eigenvalue weighted by atomic mass is 32.2. The van der Waals surface area contributed by atoms with E-state index in [-0.39, 0.29) is 10.5 Å². The minimum atomic E-state index is -4.08. The number of hydrogen-bond acceptors (Lipinski definition) is 8. The third kappa shape index (κ3) is 8.17. The van der Waals surface area contributed by atoms with Crippen LogP contribution in [0.15, 0.2) is 58.4 Å². The molecule has 0 aromatic heterocycles. The third-order valence-electron chi connectivity index (χ3n) is 4.76. The van der Waals surface area contributed by atoms with Crippen molar-refractivity contribution in [1.29, 1.82) is 0 Å². The average Bonchev–Trinajstić information content (AvgIpc) is 2.84.